The molecule has 0 fully saturated rings. The van der Waals surface area contributed by atoms with Crippen molar-refractivity contribution in [3.8, 4) is 22.3 Å². The van der Waals surface area contributed by atoms with Crippen LogP contribution in [0, 0.1) is 10.5 Å². The first-order valence-electron chi connectivity index (χ1n) is 9.28. The number of hydrogen-bond donors (Lipinski definition) is 0. The SMILES string of the molecule is C=C/C=C\c1c(-c2ccc3c(c2)C(C)(C)c2ccccc2-3)ccc(I)c1C. The van der Waals surface area contributed by atoms with Crippen LogP contribution in [0.5, 0.6) is 0 Å². The smallest absolute Gasteiger partial charge is 0.0165 e. The van der Waals surface area contributed by atoms with Gasteiger partial charge in [-0.05, 0) is 86.2 Å². The molecule has 4 rings (SSSR count). The summed E-state index contributed by atoms with van der Waals surface area (Å²) in [7, 11) is 0. The van der Waals surface area contributed by atoms with E-state index >= 15 is 0 Å². The Kier molecular flexibility index (Phi) is 4.59. The minimum atomic E-state index is 0.0251. The zero-order valence-corrected chi connectivity index (χ0v) is 18.2. The number of allylic oxidation sites excluding steroid dienone is 2. The maximum atomic E-state index is 3.83. The van der Waals surface area contributed by atoms with E-state index in [1.165, 1.54) is 48.1 Å². The van der Waals surface area contributed by atoms with Gasteiger partial charge in [0.25, 0.3) is 0 Å². The van der Waals surface area contributed by atoms with Crippen LogP contribution in [-0.4, -0.2) is 0 Å². The first-order valence-corrected chi connectivity index (χ1v) is 10.4. The van der Waals surface area contributed by atoms with Crippen molar-refractivity contribution in [1.29, 1.82) is 0 Å². The molecule has 0 nitrogen and oxygen atoms in total. The molecule has 3 aromatic rings. The summed E-state index contributed by atoms with van der Waals surface area (Å²) < 4.78 is 1.29. The fraction of sp³-hybridized carbons (Fsp3) is 0.154. The monoisotopic (exact) mass is 462 g/mol. The highest BCUT2D eigenvalue weighted by Crippen LogP contribution is 2.49. The molecule has 0 saturated heterocycles. The summed E-state index contributed by atoms with van der Waals surface area (Å²) in [5.41, 5.74) is 10.7. The Labute approximate surface area is 175 Å². The van der Waals surface area contributed by atoms with E-state index in [1.807, 2.05) is 12.2 Å². The first-order chi connectivity index (χ1) is 12.9. The van der Waals surface area contributed by atoms with Crippen LogP contribution in [0.25, 0.3) is 28.3 Å². The molecular weight excluding hydrogens is 439 g/mol. The summed E-state index contributed by atoms with van der Waals surface area (Å²) in [6.07, 6.45) is 6.04. The van der Waals surface area contributed by atoms with Gasteiger partial charge >= 0.3 is 0 Å². The van der Waals surface area contributed by atoms with Crippen molar-refractivity contribution in [2.24, 2.45) is 0 Å². The molecule has 0 saturated carbocycles. The number of fused-ring (bicyclic) bond motifs is 3. The van der Waals surface area contributed by atoms with Crippen molar-refractivity contribution in [3.63, 3.8) is 0 Å². The molecule has 1 aliphatic rings. The third-order valence-corrected chi connectivity index (χ3v) is 6.91. The second kappa shape index (κ2) is 6.79. The van der Waals surface area contributed by atoms with Crippen LogP contribution in [0.2, 0.25) is 0 Å². The molecule has 0 spiro atoms. The third kappa shape index (κ3) is 2.89. The lowest BCUT2D eigenvalue weighted by molar-refractivity contribution is 0.660. The van der Waals surface area contributed by atoms with Gasteiger partial charge in [0.2, 0.25) is 0 Å². The molecule has 0 atom stereocenters. The second-order valence-electron chi connectivity index (χ2n) is 7.66. The van der Waals surface area contributed by atoms with Crippen LogP contribution in [0.4, 0.5) is 0 Å². The van der Waals surface area contributed by atoms with E-state index in [0.717, 1.165) is 0 Å². The van der Waals surface area contributed by atoms with Gasteiger partial charge in [0.15, 0.2) is 0 Å². The highest BCUT2D eigenvalue weighted by molar-refractivity contribution is 14.1. The van der Waals surface area contributed by atoms with Crippen LogP contribution < -0.4 is 0 Å². The van der Waals surface area contributed by atoms with Gasteiger partial charge in [-0.15, -0.1) is 0 Å². The van der Waals surface area contributed by atoms with Gasteiger partial charge in [0.05, 0.1) is 0 Å². The minimum Gasteiger partial charge on any atom is -0.0991 e. The second-order valence-corrected chi connectivity index (χ2v) is 8.82. The molecule has 0 aliphatic heterocycles. The van der Waals surface area contributed by atoms with Gasteiger partial charge < -0.3 is 0 Å². The molecule has 0 unspecified atom stereocenters. The maximum absolute atomic E-state index is 3.83. The topological polar surface area (TPSA) is 0 Å². The van der Waals surface area contributed by atoms with Crippen molar-refractivity contribution >= 4 is 28.7 Å². The summed E-state index contributed by atoms with van der Waals surface area (Å²) in [5, 5.41) is 0. The van der Waals surface area contributed by atoms with Crippen LogP contribution in [-0.2, 0) is 5.41 Å². The van der Waals surface area contributed by atoms with Crippen molar-refractivity contribution in [3.05, 3.63) is 99.2 Å². The number of benzene rings is 3. The molecule has 1 aliphatic carbocycles. The van der Waals surface area contributed by atoms with Crippen LogP contribution in [0.1, 0.15) is 36.1 Å². The molecule has 3 aromatic carbocycles. The fourth-order valence-electron chi connectivity index (χ4n) is 4.20. The molecule has 1 heteroatoms. The zero-order valence-electron chi connectivity index (χ0n) is 16.0. The van der Waals surface area contributed by atoms with Crippen LogP contribution in [0.3, 0.4) is 0 Å². The van der Waals surface area contributed by atoms with Gasteiger partial charge in [-0.2, -0.15) is 0 Å². The largest absolute Gasteiger partial charge is 0.0991 e. The summed E-state index contributed by atoms with van der Waals surface area (Å²) in [6, 6.07) is 20.2. The van der Waals surface area contributed by atoms with E-state index in [1.54, 1.807) is 0 Å². The molecular formula is C26H23I. The Hall–Kier alpha value is -2.13. The molecule has 0 N–H and O–H groups in total. The first kappa shape index (κ1) is 18.2. The highest BCUT2D eigenvalue weighted by Gasteiger charge is 2.35. The normalized spacial score (nSPS) is 14.2. The van der Waals surface area contributed by atoms with Crippen LogP contribution >= 0.6 is 22.6 Å². The summed E-state index contributed by atoms with van der Waals surface area (Å²) in [5.74, 6) is 0. The molecule has 134 valence electrons. The quantitative estimate of drug-likeness (QED) is 0.276. The van der Waals surface area contributed by atoms with E-state index in [4.69, 9.17) is 0 Å². The lowest BCUT2D eigenvalue weighted by atomic mass is 9.81. The molecule has 0 heterocycles. The Morgan fingerprint density at radius 3 is 2.37 bits per heavy atom. The lowest BCUT2D eigenvalue weighted by Crippen LogP contribution is -2.14. The molecule has 27 heavy (non-hydrogen) atoms. The van der Waals surface area contributed by atoms with Crippen molar-refractivity contribution in [1.82, 2.24) is 0 Å². The van der Waals surface area contributed by atoms with Gasteiger partial charge in [-0.1, -0.05) is 81.1 Å². The predicted molar refractivity (Wildman–Crippen MR) is 126 cm³/mol. The van der Waals surface area contributed by atoms with E-state index in [9.17, 15) is 0 Å². The predicted octanol–water partition coefficient (Wildman–Crippen LogP) is 7.77. The van der Waals surface area contributed by atoms with E-state index in [2.05, 4.69) is 111 Å². The van der Waals surface area contributed by atoms with Gasteiger partial charge in [-0.25, -0.2) is 0 Å². The number of rotatable bonds is 3. The standard InChI is InChI=1S/C26H23I/c1-5-6-9-19-17(2)25(27)15-14-20(19)18-12-13-22-21-10-7-8-11-23(21)26(3,4)24(22)16-18/h5-16H,1H2,2-4H3/b9-6-. The summed E-state index contributed by atoms with van der Waals surface area (Å²) >= 11 is 2.41. The van der Waals surface area contributed by atoms with Gasteiger partial charge in [0, 0.05) is 8.99 Å². The number of halogens is 1. The van der Waals surface area contributed by atoms with Crippen LogP contribution in [0.15, 0.2) is 73.3 Å². The van der Waals surface area contributed by atoms with Gasteiger partial charge in [0.1, 0.15) is 0 Å². The zero-order chi connectivity index (χ0) is 19.2. The van der Waals surface area contributed by atoms with Crippen molar-refractivity contribution < 1.29 is 0 Å². The summed E-state index contributed by atoms with van der Waals surface area (Å²) in [6.45, 7) is 10.7. The van der Waals surface area contributed by atoms with Crippen molar-refractivity contribution in [2.45, 2.75) is 26.2 Å². The maximum Gasteiger partial charge on any atom is 0.0165 e. The van der Waals surface area contributed by atoms with E-state index in [-0.39, 0.29) is 5.41 Å². The molecule has 0 bridgehead atoms. The minimum absolute atomic E-state index is 0.0251. The Morgan fingerprint density at radius 2 is 1.59 bits per heavy atom. The lowest BCUT2D eigenvalue weighted by Gasteiger charge is -2.22. The number of hydrogen-bond acceptors (Lipinski definition) is 0. The average molecular weight is 462 g/mol. The van der Waals surface area contributed by atoms with Crippen molar-refractivity contribution in [2.75, 3.05) is 0 Å². The summed E-state index contributed by atoms with van der Waals surface area (Å²) in [4.78, 5) is 0. The Balaban J connectivity index is 1.93. The fourth-order valence-corrected chi connectivity index (χ4v) is 4.67. The van der Waals surface area contributed by atoms with Gasteiger partial charge in [-0.3, -0.25) is 0 Å². The van der Waals surface area contributed by atoms with E-state index in [0.29, 0.717) is 0 Å². The average Bonchev–Trinajstić information content (AvgIpc) is 2.90. The third-order valence-electron chi connectivity index (χ3n) is 5.74. The molecule has 0 aromatic heterocycles. The molecule has 0 radical (unpaired) electrons. The Bertz CT molecular complexity index is 1080. The molecule has 0 amide bonds. The van der Waals surface area contributed by atoms with E-state index < -0.39 is 0 Å². The Morgan fingerprint density at radius 1 is 0.889 bits per heavy atom. The highest BCUT2D eigenvalue weighted by atomic mass is 127.